The Kier molecular flexibility index (Phi) is 7.99. The molecule has 0 spiro atoms. The number of benzene rings is 1. The van der Waals surface area contributed by atoms with E-state index in [-0.39, 0.29) is 19.2 Å². The first kappa shape index (κ1) is 23.5. The fourth-order valence-corrected chi connectivity index (χ4v) is 4.15. The van der Waals surface area contributed by atoms with Gasteiger partial charge >= 0.3 is 14.2 Å². The first-order valence-corrected chi connectivity index (χ1v) is 14.4. The number of cyclic esters (lactones) is 1. The Morgan fingerprint density at radius 2 is 2.00 bits per heavy atom. The zero-order valence-electron chi connectivity index (χ0n) is 18.0. The molecular formula is C20H30O7PSi+. The summed E-state index contributed by atoms with van der Waals surface area (Å²) in [4.78, 5) is 21.3. The van der Waals surface area contributed by atoms with Crippen molar-refractivity contribution in [2.45, 2.75) is 52.6 Å². The van der Waals surface area contributed by atoms with Crippen LogP contribution in [0.5, 0.6) is 11.5 Å². The molecule has 1 unspecified atom stereocenters. The largest absolute Gasteiger partial charge is 0.695 e. The van der Waals surface area contributed by atoms with Crippen molar-refractivity contribution in [3.63, 3.8) is 0 Å². The van der Waals surface area contributed by atoms with Crippen LogP contribution in [0.25, 0.3) is 0 Å². The quantitative estimate of drug-likeness (QED) is 0.247. The maximum atomic E-state index is 12.4. The minimum atomic E-state index is -2.65. The molecule has 1 atom stereocenters. The molecule has 0 amide bonds. The van der Waals surface area contributed by atoms with E-state index in [1.165, 1.54) is 0 Å². The second kappa shape index (κ2) is 9.85. The Hall–Kier alpha value is -1.73. The van der Waals surface area contributed by atoms with Crippen LogP contribution in [0.3, 0.4) is 0 Å². The highest BCUT2D eigenvalue weighted by atomic mass is 31.1. The molecule has 1 N–H and O–H groups in total. The van der Waals surface area contributed by atoms with Crippen molar-refractivity contribution >= 4 is 22.3 Å². The molecule has 9 heteroatoms. The van der Waals surface area contributed by atoms with E-state index in [0.717, 1.165) is 28.3 Å². The molecule has 0 aromatic heterocycles. The third kappa shape index (κ3) is 6.12. The molecular weight excluding hydrogens is 411 g/mol. The van der Waals surface area contributed by atoms with Crippen LogP contribution in [0.4, 0.5) is 0 Å². The van der Waals surface area contributed by atoms with Gasteiger partial charge in [0.15, 0.2) is 0 Å². The van der Waals surface area contributed by atoms with E-state index in [4.69, 9.17) is 23.6 Å². The highest BCUT2D eigenvalue weighted by molar-refractivity contribution is 7.32. The van der Waals surface area contributed by atoms with Gasteiger partial charge in [-0.2, -0.15) is 0 Å². The Balaban J connectivity index is 2.44. The Morgan fingerprint density at radius 1 is 1.31 bits per heavy atom. The molecule has 1 heterocycles. The summed E-state index contributed by atoms with van der Waals surface area (Å²) in [7, 11) is -2.36. The van der Waals surface area contributed by atoms with Gasteiger partial charge in [-0.1, -0.05) is 25.7 Å². The van der Waals surface area contributed by atoms with E-state index >= 15 is 0 Å². The lowest BCUT2D eigenvalue weighted by molar-refractivity contribution is 0.0532. The number of fused-ring (bicyclic) bond motifs is 1. The number of esters is 1. The minimum absolute atomic E-state index is 0.0474. The van der Waals surface area contributed by atoms with Crippen LogP contribution < -0.4 is 9.47 Å². The van der Waals surface area contributed by atoms with Gasteiger partial charge in [0.25, 0.3) is 0 Å². The first-order chi connectivity index (χ1) is 13.5. The number of allylic oxidation sites excluding steroid dienone is 1. The van der Waals surface area contributed by atoms with Gasteiger partial charge in [0, 0.05) is 23.8 Å². The van der Waals surface area contributed by atoms with Crippen molar-refractivity contribution < 1.29 is 33.0 Å². The van der Waals surface area contributed by atoms with Crippen molar-refractivity contribution in [3.8, 4) is 11.5 Å². The molecule has 2 rings (SSSR count). The molecule has 160 valence electrons. The summed E-state index contributed by atoms with van der Waals surface area (Å²) in [6, 6.07) is 0.957. The Morgan fingerprint density at radius 3 is 2.59 bits per heavy atom. The number of rotatable bonds is 10. The normalized spacial score (nSPS) is 14.5. The van der Waals surface area contributed by atoms with Crippen LogP contribution in [0.2, 0.25) is 25.7 Å². The van der Waals surface area contributed by atoms with Crippen LogP contribution in [0.15, 0.2) is 11.6 Å². The summed E-state index contributed by atoms with van der Waals surface area (Å²) in [6.45, 7) is 11.3. The van der Waals surface area contributed by atoms with Gasteiger partial charge in [0.1, 0.15) is 30.3 Å². The smallest absolute Gasteiger partial charge is 0.496 e. The average Bonchev–Trinajstić information content (AvgIpc) is 3.01. The summed E-state index contributed by atoms with van der Waals surface area (Å²) in [5, 5.41) is 0. The number of carbonyl (C=O) groups excluding carboxylic acids is 1. The summed E-state index contributed by atoms with van der Waals surface area (Å²) in [5.74, 6) is 0.806. The first-order valence-electron chi connectivity index (χ1n) is 9.52. The third-order valence-electron chi connectivity index (χ3n) is 4.78. The maximum absolute atomic E-state index is 12.4. The van der Waals surface area contributed by atoms with Crippen molar-refractivity contribution in [1.29, 1.82) is 0 Å². The molecule has 0 radical (unpaired) electrons. The molecule has 0 aliphatic carbocycles. The number of ether oxygens (including phenoxy) is 3. The highest BCUT2D eigenvalue weighted by Gasteiger charge is 2.33. The van der Waals surface area contributed by atoms with Crippen LogP contribution in [0.1, 0.15) is 34.0 Å². The van der Waals surface area contributed by atoms with Crippen LogP contribution in [-0.2, 0) is 26.9 Å². The predicted octanol–water partition coefficient (Wildman–Crippen LogP) is 4.55. The third-order valence-corrected chi connectivity index (χ3v) is 6.84. The molecule has 0 saturated heterocycles. The molecule has 0 fully saturated rings. The molecule has 0 saturated carbocycles. The summed E-state index contributed by atoms with van der Waals surface area (Å²) < 4.78 is 32.6. The summed E-state index contributed by atoms with van der Waals surface area (Å²) >= 11 is 0. The van der Waals surface area contributed by atoms with Gasteiger partial charge in [-0.3, -0.25) is 0 Å². The molecule has 1 aromatic rings. The summed E-state index contributed by atoms with van der Waals surface area (Å²) in [6.07, 6.45) is 2.32. The van der Waals surface area contributed by atoms with Gasteiger partial charge < -0.3 is 14.2 Å². The van der Waals surface area contributed by atoms with E-state index in [9.17, 15) is 9.36 Å². The van der Waals surface area contributed by atoms with Crippen molar-refractivity contribution in [3.05, 3.63) is 33.9 Å². The average molecular weight is 442 g/mol. The number of hydrogen-bond donors (Lipinski definition) is 1. The molecule has 0 bridgehead atoms. The van der Waals surface area contributed by atoms with E-state index in [2.05, 4.69) is 19.6 Å². The van der Waals surface area contributed by atoms with Gasteiger partial charge in [-0.25, -0.2) is 4.79 Å². The lowest BCUT2D eigenvalue weighted by Crippen LogP contribution is -2.23. The lowest BCUT2D eigenvalue weighted by atomic mass is 9.95. The molecule has 1 aliphatic heterocycles. The van der Waals surface area contributed by atoms with Crippen molar-refractivity contribution in [1.82, 2.24) is 0 Å². The number of hydrogen-bond acceptors (Lipinski definition) is 6. The van der Waals surface area contributed by atoms with Gasteiger partial charge in [0.2, 0.25) is 0 Å². The van der Waals surface area contributed by atoms with Crippen LogP contribution in [0, 0.1) is 6.92 Å². The zero-order valence-corrected chi connectivity index (χ0v) is 19.9. The van der Waals surface area contributed by atoms with Crippen molar-refractivity contribution in [2.75, 3.05) is 20.3 Å². The summed E-state index contributed by atoms with van der Waals surface area (Å²) in [5.41, 5.74) is 3.71. The molecule has 29 heavy (non-hydrogen) atoms. The van der Waals surface area contributed by atoms with Gasteiger partial charge in [-0.05, 0) is 37.4 Å². The second-order valence-electron chi connectivity index (χ2n) is 8.32. The van der Waals surface area contributed by atoms with Crippen molar-refractivity contribution in [2.24, 2.45) is 0 Å². The van der Waals surface area contributed by atoms with E-state index < -0.39 is 16.3 Å². The SMILES string of the molecule is COc1c(C)c2c(c(OCC[Si](C)(C)C)c1C/C=C(\C)CO[P+](=O)O)C(=O)OC2. The number of methoxy groups -OCH3 is 1. The van der Waals surface area contributed by atoms with E-state index in [1.807, 2.05) is 19.9 Å². The zero-order chi connectivity index (χ0) is 21.8. The topological polar surface area (TPSA) is 91.3 Å². The van der Waals surface area contributed by atoms with E-state index in [1.54, 1.807) is 7.11 Å². The van der Waals surface area contributed by atoms with E-state index in [0.29, 0.717) is 30.1 Å². The Labute approximate surface area is 174 Å². The van der Waals surface area contributed by atoms with Crippen LogP contribution >= 0.6 is 8.25 Å². The minimum Gasteiger partial charge on any atom is -0.496 e. The van der Waals surface area contributed by atoms with Crippen LogP contribution in [-0.4, -0.2) is 39.3 Å². The monoisotopic (exact) mass is 441 g/mol. The number of carbonyl (C=O) groups is 1. The molecule has 1 aromatic carbocycles. The predicted molar refractivity (Wildman–Crippen MR) is 114 cm³/mol. The second-order valence-corrected chi connectivity index (χ2v) is 14.7. The fourth-order valence-electron chi connectivity index (χ4n) is 3.12. The fraction of sp³-hybridized carbons (Fsp3) is 0.550. The Bertz CT molecular complexity index is 827. The molecule has 1 aliphatic rings. The highest BCUT2D eigenvalue weighted by Crippen LogP contribution is 2.43. The standard InChI is InChI=1S/C20H29O7PSi/c1-13(11-27-28(22)23)7-8-15-18(24-3)14(2)16-12-26-20(21)17(16)19(15)25-9-10-29(4,5)6/h7H,8-12H2,1-6H3/p+1/b13-7+. The van der Waals surface area contributed by atoms with Gasteiger partial charge in [0.05, 0.1) is 13.7 Å². The molecule has 7 nitrogen and oxygen atoms in total. The maximum Gasteiger partial charge on any atom is 0.695 e. The van der Waals surface area contributed by atoms with Gasteiger partial charge in [-0.15, -0.1) is 9.42 Å². The lowest BCUT2D eigenvalue weighted by Gasteiger charge is -2.21.